The van der Waals surface area contributed by atoms with Gasteiger partial charge < -0.3 is 14.5 Å². The molecule has 2 rings (SSSR count). The summed E-state index contributed by atoms with van der Waals surface area (Å²) in [4.78, 5) is 0. The van der Waals surface area contributed by atoms with Crippen molar-refractivity contribution in [1.29, 1.82) is 0 Å². The molecule has 1 aliphatic rings. The summed E-state index contributed by atoms with van der Waals surface area (Å²) in [5.41, 5.74) is 0.842. The Morgan fingerprint density at radius 1 is 1.27 bits per heavy atom. The van der Waals surface area contributed by atoms with Crippen LogP contribution in [0, 0.1) is 0 Å². The van der Waals surface area contributed by atoms with Gasteiger partial charge in [0.1, 0.15) is 0 Å². The van der Waals surface area contributed by atoms with E-state index in [1.165, 1.54) is 0 Å². The van der Waals surface area contributed by atoms with E-state index in [9.17, 15) is 0 Å². The minimum atomic E-state index is 0.0383. The maximum absolute atomic E-state index is 8.77. The molecule has 0 saturated heterocycles. The summed E-state index contributed by atoms with van der Waals surface area (Å²) in [6.45, 7) is 0.282. The molecule has 0 saturated carbocycles. The molecule has 0 amide bonds. The highest BCUT2D eigenvalue weighted by Crippen LogP contribution is 2.29. The molecule has 1 aromatic rings. The lowest BCUT2D eigenvalue weighted by Gasteiger charge is -1.96. The fraction of sp³-hybridized carbons (Fsp3) is 0.143. The van der Waals surface area contributed by atoms with Gasteiger partial charge in [0.05, 0.1) is 0 Å². The summed E-state index contributed by atoms with van der Waals surface area (Å²) < 4.78 is 10.2. The lowest BCUT2D eigenvalue weighted by atomic mass is 9.89. The molecule has 0 spiro atoms. The highest BCUT2D eigenvalue weighted by molar-refractivity contribution is 6.45. The minimum Gasteiger partial charge on any atom is -0.454 e. The van der Waals surface area contributed by atoms with Crippen molar-refractivity contribution < 1.29 is 14.5 Å². The van der Waals surface area contributed by atoms with E-state index in [0.29, 0.717) is 0 Å². The Kier molecular flexibility index (Phi) is 1.47. The average Bonchev–Trinajstić information content (AvgIpc) is 2.50. The zero-order valence-corrected chi connectivity index (χ0v) is 5.91. The molecule has 3 nitrogen and oxygen atoms in total. The molecule has 1 heterocycles. The Balaban J connectivity index is 2.41. The number of hydrogen-bond donors (Lipinski definition) is 1. The van der Waals surface area contributed by atoms with Gasteiger partial charge in [-0.25, -0.2) is 0 Å². The third-order valence-corrected chi connectivity index (χ3v) is 1.62. The SMILES string of the molecule is OBc1ccc2c(c1)OCO2. The number of rotatable bonds is 1. The molecule has 56 valence electrons. The van der Waals surface area contributed by atoms with E-state index >= 15 is 0 Å². The fourth-order valence-corrected chi connectivity index (χ4v) is 1.04. The van der Waals surface area contributed by atoms with Crippen LogP contribution in [-0.4, -0.2) is 19.3 Å². The second-order valence-corrected chi connectivity index (χ2v) is 2.35. The monoisotopic (exact) mass is 150 g/mol. The zero-order valence-electron chi connectivity index (χ0n) is 5.91. The molecular weight excluding hydrogens is 143 g/mol. The molecule has 0 fully saturated rings. The summed E-state index contributed by atoms with van der Waals surface area (Å²) in [7, 11) is 0.0383. The molecule has 4 heteroatoms. The highest BCUT2D eigenvalue weighted by Gasteiger charge is 2.12. The van der Waals surface area contributed by atoms with Crippen LogP contribution in [0.5, 0.6) is 11.5 Å². The van der Waals surface area contributed by atoms with Crippen molar-refractivity contribution in [2.24, 2.45) is 0 Å². The van der Waals surface area contributed by atoms with Gasteiger partial charge >= 0.3 is 7.48 Å². The van der Waals surface area contributed by atoms with Crippen LogP contribution in [0.2, 0.25) is 0 Å². The fourth-order valence-electron chi connectivity index (χ4n) is 1.04. The quantitative estimate of drug-likeness (QED) is 0.542. The number of ether oxygens (including phenoxy) is 2. The molecule has 0 aromatic heterocycles. The van der Waals surface area contributed by atoms with Gasteiger partial charge in [-0.3, -0.25) is 0 Å². The predicted molar refractivity (Wildman–Crippen MR) is 41.6 cm³/mol. The van der Waals surface area contributed by atoms with Gasteiger partial charge in [0.25, 0.3) is 0 Å². The van der Waals surface area contributed by atoms with Gasteiger partial charge in [0.2, 0.25) is 6.79 Å². The van der Waals surface area contributed by atoms with Crippen LogP contribution in [0.1, 0.15) is 0 Å². The van der Waals surface area contributed by atoms with Crippen molar-refractivity contribution in [3.8, 4) is 11.5 Å². The molecule has 0 aliphatic carbocycles. The Hall–Kier alpha value is -1.16. The molecule has 0 atom stereocenters. The van der Waals surface area contributed by atoms with Gasteiger partial charge in [-0.05, 0) is 17.6 Å². The van der Waals surface area contributed by atoms with Crippen LogP contribution in [-0.2, 0) is 0 Å². The van der Waals surface area contributed by atoms with Gasteiger partial charge in [-0.1, -0.05) is 6.07 Å². The van der Waals surface area contributed by atoms with Crippen LogP contribution in [0.25, 0.3) is 0 Å². The predicted octanol–water partition coefficient (Wildman–Crippen LogP) is -0.616. The van der Waals surface area contributed by atoms with Crippen LogP contribution in [0.4, 0.5) is 0 Å². The van der Waals surface area contributed by atoms with E-state index in [0.717, 1.165) is 17.0 Å². The van der Waals surface area contributed by atoms with E-state index in [-0.39, 0.29) is 14.3 Å². The summed E-state index contributed by atoms with van der Waals surface area (Å²) in [5, 5.41) is 8.77. The number of fused-ring (bicyclic) bond motifs is 1. The Labute approximate surface area is 64.8 Å². The zero-order chi connectivity index (χ0) is 7.68. The van der Waals surface area contributed by atoms with Crippen molar-refractivity contribution in [3.05, 3.63) is 18.2 Å². The molecule has 1 aliphatic heterocycles. The van der Waals surface area contributed by atoms with Crippen LogP contribution >= 0.6 is 0 Å². The van der Waals surface area contributed by atoms with E-state index < -0.39 is 0 Å². The second kappa shape index (κ2) is 2.47. The van der Waals surface area contributed by atoms with E-state index in [4.69, 9.17) is 14.5 Å². The Morgan fingerprint density at radius 2 is 2.09 bits per heavy atom. The highest BCUT2D eigenvalue weighted by atomic mass is 16.7. The van der Waals surface area contributed by atoms with Crippen molar-refractivity contribution in [2.75, 3.05) is 6.79 Å². The van der Waals surface area contributed by atoms with Crippen LogP contribution in [0.3, 0.4) is 0 Å². The topological polar surface area (TPSA) is 38.7 Å². The summed E-state index contributed by atoms with van der Waals surface area (Å²) in [6, 6.07) is 5.39. The Morgan fingerprint density at radius 3 is 2.91 bits per heavy atom. The smallest absolute Gasteiger partial charge is 0.304 e. The third-order valence-electron chi connectivity index (χ3n) is 1.62. The van der Waals surface area contributed by atoms with E-state index in [1.54, 1.807) is 12.1 Å². The number of benzene rings is 1. The summed E-state index contributed by atoms with van der Waals surface area (Å²) >= 11 is 0. The largest absolute Gasteiger partial charge is 0.454 e. The standard InChI is InChI=1S/C7H7BO3/c9-8-5-1-2-6-7(3-5)11-4-10-6/h1-3,8-9H,4H2. The maximum atomic E-state index is 8.77. The number of hydrogen-bond acceptors (Lipinski definition) is 3. The average molecular weight is 150 g/mol. The first-order valence-corrected chi connectivity index (χ1v) is 3.39. The van der Waals surface area contributed by atoms with Gasteiger partial charge in [0, 0.05) is 0 Å². The Bertz CT molecular complexity index is 274. The summed E-state index contributed by atoms with van der Waals surface area (Å²) in [6.07, 6.45) is 0. The second-order valence-electron chi connectivity index (χ2n) is 2.35. The maximum Gasteiger partial charge on any atom is 0.304 e. The van der Waals surface area contributed by atoms with Gasteiger partial charge in [0.15, 0.2) is 11.5 Å². The molecule has 1 aromatic carbocycles. The van der Waals surface area contributed by atoms with E-state index in [2.05, 4.69) is 0 Å². The molecule has 1 N–H and O–H groups in total. The first kappa shape index (κ1) is 6.55. The van der Waals surface area contributed by atoms with Crippen molar-refractivity contribution in [1.82, 2.24) is 0 Å². The van der Waals surface area contributed by atoms with Crippen molar-refractivity contribution in [2.45, 2.75) is 0 Å². The van der Waals surface area contributed by atoms with Crippen LogP contribution < -0.4 is 14.9 Å². The molecule has 0 unspecified atom stereocenters. The first-order chi connectivity index (χ1) is 5.40. The van der Waals surface area contributed by atoms with Gasteiger partial charge in [-0.2, -0.15) is 0 Å². The lowest BCUT2D eigenvalue weighted by Crippen LogP contribution is -2.11. The molecular formula is C7H7BO3. The molecule has 11 heavy (non-hydrogen) atoms. The lowest BCUT2D eigenvalue weighted by molar-refractivity contribution is 0.174. The van der Waals surface area contributed by atoms with E-state index in [1.807, 2.05) is 6.07 Å². The third kappa shape index (κ3) is 1.05. The van der Waals surface area contributed by atoms with Crippen LogP contribution in [0.15, 0.2) is 18.2 Å². The van der Waals surface area contributed by atoms with Crippen molar-refractivity contribution >= 4 is 12.9 Å². The molecule has 0 radical (unpaired) electrons. The van der Waals surface area contributed by atoms with Crippen molar-refractivity contribution in [3.63, 3.8) is 0 Å². The molecule has 0 bridgehead atoms. The summed E-state index contributed by atoms with van der Waals surface area (Å²) in [5.74, 6) is 1.47. The first-order valence-electron chi connectivity index (χ1n) is 3.39. The normalized spacial score (nSPS) is 13.2. The van der Waals surface area contributed by atoms with Gasteiger partial charge in [-0.15, -0.1) is 0 Å². The minimum absolute atomic E-state index is 0.0383.